The number of aryl methyl sites for hydroxylation is 1. The summed E-state index contributed by atoms with van der Waals surface area (Å²) in [6.45, 7) is 1.52. The van der Waals surface area contributed by atoms with Crippen molar-refractivity contribution in [2.45, 2.75) is 13.1 Å². The minimum absolute atomic E-state index is 0.735. The van der Waals surface area contributed by atoms with Gasteiger partial charge in [0.2, 0.25) is 0 Å². The van der Waals surface area contributed by atoms with Crippen molar-refractivity contribution in [2.75, 3.05) is 0 Å². The van der Waals surface area contributed by atoms with E-state index in [1.165, 1.54) is 4.88 Å². The highest BCUT2D eigenvalue weighted by Gasteiger charge is 2.01. The number of hydrogen-bond acceptors (Lipinski definition) is 4. The third-order valence-electron chi connectivity index (χ3n) is 2.29. The van der Waals surface area contributed by atoms with E-state index in [4.69, 9.17) is 5.26 Å². The fourth-order valence-corrected chi connectivity index (χ4v) is 2.18. The summed E-state index contributed by atoms with van der Waals surface area (Å²) in [6, 6.07) is 4.04. The molecule has 0 aliphatic heterocycles. The largest absolute Gasteiger partial charge is 0.337 e. The summed E-state index contributed by atoms with van der Waals surface area (Å²) in [7, 11) is 1.98. The van der Waals surface area contributed by atoms with E-state index in [0.717, 1.165) is 24.5 Å². The normalized spacial score (nSPS) is 10.2. The molecule has 0 radical (unpaired) electrons. The monoisotopic (exact) mass is 232 g/mol. The highest BCUT2D eigenvalue weighted by Crippen LogP contribution is 2.13. The number of thiophene rings is 1. The molecule has 1 N–H and O–H groups in total. The molecule has 0 atom stereocenters. The van der Waals surface area contributed by atoms with E-state index in [1.807, 2.05) is 29.3 Å². The van der Waals surface area contributed by atoms with Gasteiger partial charge in [-0.15, -0.1) is 11.3 Å². The third-order valence-corrected chi connectivity index (χ3v) is 3.22. The van der Waals surface area contributed by atoms with E-state index < -0.39 is 0 Å². The summed E-state index contributed by atoms with van der Waals surface area (Å²) in [5.74, 6) is 1.01. The minimum atomic E-state index is 0.735. The Hall–Kier alpha value is -1.64. The van der Waals surface area contributed by atoms with Gasteiger partial charge in [0.25, 0.3) is 0 Å². The lowest BCUT2D eigenvalue weighted by Crippen LogP contribution is -2.14. The van der Waals surface area contributed by atoms with E-state index in [-0.39, 0.29) is 0 Å². The molecule has 2 aromatic rings. The van der Waals surface area contributed by atoms with Crippen LogP contribution >= 0.6 is 11.3 Å². The van der Waals surface area contributed by atoms with Crippen molar-refractivity contribution in [3.05, 3.63) is 40.1 Å². The number of hydrogen-bond donors (Lipinski definition) is 1. The summed E-state index contributed by atoms with van der Waals surface area (Å²) in [5, 5.41) is 13.9. The lowest BCUT2D eigenvalue weighted by molar-refractivity contribution is 0.643. The van der Waals surface area contributed by atoms with Crippen molar-refractivity contribution < 1.29 is 0 Å². The standard InChI is InChI=1S/C11H12N4S/c1-15-3-2-14-11(15)7-13-6-10-4-9(5-12)8-16-10/h2-4,8,13H,6-7H2,1H3. The first-order valence-corrected chi connectivity index (χ1v) is 5.82. The summed E-state index contributed by atoms with van der Waals surface area (Å²) < 4.78 is 1.99. The maximum absolute atomic E-state index is 8.69. The van der Waals surface area contributed by atoms with Crippen molar-refractivity contribution in [2.24, 2.45) is 7.05 Å². The van der Waals surface area contributed by atoms with Gasteiger partial charge in [-0.1, -0.05) is 0 Å². The zero-order valence-electron chi connectivity index (χ0n) is 8.97. The molecule has 16 heavy (non-hydrogen) atoms. The summed E-state index contributed by atoms with van der Waals surface area (Å²) in [4.78, 5) is 5.39. The van der Waals surface area contributed by atoms with Gasteiger partial charge in [0.1, 0.15) is 11.9 Å². The van der Waals surface area contributed by atoms with Crippen LogP contribution in [0, 0.1) is 11.3 Å². The van der Waals surface area contributed by atoms with E-state index in [0.29, 0.717) is 0 Å². The maximum atomic E-state index is 8.69. The fraction of sp³-hybridized carbons (Fsp3) is 0.273. The molecular weight excluding hydrogens is 220 g/mol. The number of nitrogens with one attached hydrogen (secondary N) is 1. The van der Waals surface area contributed by atoms with Crippen LogP contribution in [-0.4, -0.2) is 9.55 Å². The SMILES string of the molecule is Cn1ccnc1CNCc1cc(C#N)cs1. The average molecular weight is 232 g/mol. The molecule has 0 amide bonds. The molecule has 0 aliphatic rings. The topological polar surface area (TPSA) is 53.6 Å². The van der Waals surface area contributed by atoms with Gasteiger partial charge in [-0.3, -0.25) is 0 Å². The molecule has 4 nitrogen and oxygen atoms in total. The van der Waals surface area contributed by atoms with Gasteiger partial charge in [-0.05, 0) is 6.07 Å². The predicted molar refractivity (Wildman–Crippen MR) is 62.8 cm³/mol. The molecule has 2 heterocycles. The highest BCUT2D eigenvalue weighted by molar-refractivity contribution is 7.10. The van der Waals surface area contributed by atoms with Crippen molar-refractivity contribution in [1.82, 2.24) is 14.9 Å². The Morgan fingerprint density at radius 2 is 2.44 bits per heavy atom. The van der Waals surface area contributed by atoms with Gasteiger partial charge in [0.15, 0.2) is 0 Å². The Labute approximate surface area is 98.2 Å². The van der Waals surface area contributed by atoms with Crippen LogP contribution in [0.2, 0.25) is 0 Å². The van der Waals surface area contributed by atoms with Crippen LogP contribution in [0.25, 0.3) is 0 Å². The van der Waals surface area contributed by atoms with Crippen molar-refractivity contribution in [3.63, 3.8) is 0 Å². The smallest absolute Gasteiger partial charge is 0.122 e. The molecule has 0 spiro atoms. The zero-order chi connectivity index (χ0) is 11.4. The summed E-state index contributed by atoms with van der Waals surface area (Å²) in [5.41, 5.74) is 0.735. The highest BCUT2D eigenvalue weighted by atomic mass is 32.1. The Morgan fingerprint density at radius 1 is 1.56 bits per heavy atom. The van der Waals surface area contributed by atoms with Crippen molar-refractivity contribution in [3.8, 4) is 6.07 Å². The van der Waals surface area contributed by atoms with Gasteiger partial charge in [-0.25, -0.2) is 4.98 Å². The lowest BCUT2D eigenvalue weighted by atomic mass is 10.3. The molecule has 0 unspecified atom stereocenters. The molecule has 82 valence electrons. The Morgan fingerprint density at radius 3 is 3.06 bits per heavy atom. The van der Waals surface area contributed by atoms with Gasteiger partial charge < -0.3 is 9.88 Å². The molecule has 5 heteroatoms. The number of aromatic nitrogens is 2. The first-order valence-electron chi connectivity index (χ1n) is 4.94. The van der Waals surface area contributed by atoms with Crippen LogP contribution in [0.5, 0.6) is 0 Å². The Balaban J connectivity index is 1.85. The second kappa shape index (κ2) is 4.92. The van der Waals surface area contributed by atoms with Crippen molar-refractivity contribution in [1.29, 1.82) is 5.26 Å². The van der Waals surface area contributed by atoms with Gasteiger partial charge in [-0.2, -0.15) is 5.26 Å². The van der Waals surface area contributed by atoms with E-state index >= 15 is 0 Å². The number of imidazole rings is 1. The van der Waals surface area contributed by atoms with Crippen molar-refractivity contribution >= 4 is 11.3 Å². The molecule has 0 aliphatic carbocycles. The maximum Gasteiger partial charge on any atom is 0.122 e. The molecule has 0 saturated heterocycles. The third kappa shape index (κ3) is 2.48. The number of rotatable bonds is 4. The van der Waals surface area contributed by atoms with Crippen LogP contribution in [0.3, 0.4) is 0 Å². The first kappa shape index (κ1) is 10.9. The van der Waals surface area contributed by atoms with Crippen LogP contribution in [0.4, 0.5) is 0 Å². The summed E-state index contributed by atoms with van der Waals surface area (Å²) >= 11 is 1.60. The van der Waals surface area contributed by atoms with Gasteiger partial charge in [0, 0.05) is 36.2 Å². The summed E-state index contributed by atoms with van der Waals surface area (Å²) in [6.07, 6.45) is 3.71. The van der Waals surface area contributed by atoms with Gasteiger partial charge in [0.05, 0.1) is 12.1 Å². The van der Waals surface area contributed by atoms with E-state index in [9.17, 15) is 0 Å². The molecular formula is C11H12N4S. The molecule has 0 bridgehead atoms. The predicted octanol–water partition coefficient (Wildman–Crippen LogP) is 1.64. The zero-order valence-corrected chi connectivity index (χ0v) is 9.79. The molecule has 2 rings (SSSR count). The quantitative estimate of drug-likeness (QED) is 0.872. The second-order valence-electron chi connectivity index (χ2n) is 3.47. The van der Waals surface area contributed by atoms with Crippen LogP contribution in [-0.2, 0) is 20.1 Å². The molecule has 2 aromatic heterocycles. The van der Waals surface area contributed by atoms with E-state index in [2.05, 4.69) is 16.4 Å². The average Bonchev–Trinajstić information content (AvgIpc) is 2.89. The van der Waals surface area contributed by atoms with Crippen LogP contribution < -0.4 is 5.32 Å². The molecule has 0 aromatic carbocycles. The minimum Gasteiger partial charge on any atom is -0.337 e. The number of nitriles is 1. The lowest BCUT2D eigenvalue weighted by Gasteiger charge is -2.02. The number of nitrogens with zero attached hydrogens (tertiary/aromatic N) is 3. The molecule has 0 saturated carbocycles. The fourth-order valence-electron chi connectivity index (χ4n) is 1.40. The Bertz CT molecular complexity index is 506. The second-order valence-corrected chi connectivity index (χ2v) is 4.47. The van der Waals surface area contributed by atoms with E-state index in [1.54, 1.807) is 17.5 Å². The van der Waals surface area contributed by atoms with Crippen LogP contribution in [0.15, 0.2) is 23.8 Å². The Kier molecular flexibility index (Phi) is 3.34. The van der Waals surface area contributed by atoms with Gasteiger partial charge >= 0.3 is 0 Å². The first-order chi connectivity index (χ1) is 7.79. The van der Waals surface area contributed by atoms with Crippen LogP contribution in [0.1, 0.15) is 16.3 Å². The molecule has 0 fully saturated rings.